The van der Waals surface area contributed by atoms with Crippen molar-refractivity contribution in [2.24, 2.45) is 5.41 Å². The summed E-state index contributed by atoms with van der Waals surface area (Å²) in [6.45, 7) is 2.18. The Morgan fingerprint density at radius 2 is 2.06 bits per heavy atom. The number of nitrogens with one attached hydrogen (secondary N) is 1. The quantitative estimate of drug-likeness (QED) is 0.862. The molecule has 0 bridgehead atoms. The summed E-state index contributed by atoms with van der Waals surface area (Å²) in [5.74, 6) is 0. The number of alkyl halides is 2. The van der Waals surface area contributed by atoms with Gasteiger partial charge in [0.05, 0.1) is 17.8 Å². The van der Waals surface area contributed by atoms with E-state index in [9.17, 15) is 8.78 Å². The Kier molecular flexibility index (Phi) is 2.65. The maximum Gasteiger partial charge on any atom is 0.266 e. The van der Waals surface area contributed by atoms with Crippen molar-refractivity contribution in [2.45, 2.75) is 38.2 Å². The Balaban J connectivity index is 1.64. The molecule has 1 aromatic rings. The highest BCUT2D eigenvalue weighted by Crippen LogP contribution is 2.53. The molecule has 0 amide bonds. The van der Waals surface area contributed by atoms with Crippen molar-refractivity contribution in [1.82, 2.24) is 15.1 Å². The van der Waals surface area contributed by atoms with Gasteiger partial charge in [-0.1, -0.05) is 0 Å². The van der Waals surface area contributed by atoms with Crippen molar-refractivity contribution in [3.05, 3.63) is 18.0 Å². The molecule has 1 aliphatic carbocycles. The topological polar surface area (TPSA) is 29.9 Å². The van der Waals surface area contributed by atoms with Crippen LogP contribution >= 0.6 is 0 Å². The highest BCUT2D eigenvalue weighted by Gasteiger charge is 2.45. The lowest BCUT2D eigenvalue weighted by molar-refractivity contribution is 0.0228. The Bertz CT molecular complexity index is 388. The number of hydrogen-bond acceptors (Lipinski definition) is 2. The first-order valence-electron chi connectivity index (χ1n) is 6.21. The van der Waals surface area contributed by atoms with E-state index in [1.54, 1.807) is 4.68 Å². The van der Waals surface area contributed by atoms with Crippen molar-refractivity contribution in [2.75, 3.05) is 13.1 Å². The monoisotopic (exact) mass is 241 g/mol. The molecule has 0 radical (unpaired) electrons. The molecule has 1 aromatic heterocycles. The molecule has 3 nitrogen and oxygen atoms in total. The second-order valence-electron chi connectivity index (χ2n) is 5.37. The van der Waals surface area contributed by atoms with E-state index in [0.717, 1.165) is 25.9 Å². The third kappa shape index (κ3) is 1.97. The van der Waals surface area contributed by atoms with Gasteiger partial charge >= 0.3 is 0 Å². The van der Waals surface area contributed by atoms with Gasteiger partial charge in [-0.25, -0.2) is 8.78 Å². The molecular weight excluding hydrogens is 224 g/mol. The zero-order chi connectivity index (χ0) is 11.9. The minimum absolute atomic E-state index is 0.0382. The van der Waals surface area contributed by atoms with Crippen molar-refractivity contribution in [1.29, 1.82) is 0 Å². The molecule has 1 aliphatic heterocycles. The lowest BCUT2D eigenvalue weighted by Gasteiger charge is -2.50. The van der Waals surface area contributed by atoms with E-state index in [0.29, 0.717) is 11.5 Å². The summed E-state index contributed by atoms with van der Waals surface area (Å²) in [6.07, 6.45) is 5.01. The standard InChI is InChI=1S/C12H17F2N3/c13-11(14)9-7-16-17(8-9)10-5-12(6-10)1-3-15-4-2-12/h7-8,10-11,15H,1-6H2. The SMILES string of the molecule is FC(F)c1cnn(C2CC3(CCNCC3)C2)c1. The van der Waals surface area contributed by atoms with Gasteiger partial charge in [-0.3, -0.25) is 4.68 Å². The summed E-state index contributed by atoms with van der Waals surface area (Å²) in [7, 11) is 0. The van der Waals surface area contributed by atoms with Crippen LogP contribution in [-0.4, -0.2) is 22.9 Å². The van der Waals surface area contributed by atoms with Gasteiger partial charge < -0.3 is 5.32 Å². The van der Waals surface area contributed by atoms with Gasteiger partial charge in [0.2, 0.25) is 0 Å². The fraction of sp³-hybridized carbons (Fsp3) is 0.750. The molecule has 1 saturated carbocycles. The highest BCUT2D eigenvalue weighted by molar-refractivity contribution is 5.08. The van der Waals surface area contributed by atoms with Gasteiger partial charge in [-0.2, -0.15) is 5.10 Å². The molecule has 5 heteroatoms. The fourth-order valence-corrected chi connectivity index (χ4v) is 3.16. The van der Waals surface area contributed by atoms with Crippen LogP contribution in [-0.2, 0) is 0 Å². The van der Waals surface area contributed by atoms with Crippen molar-refractivity contribution < 1.29 is 8.78 Å². The molecular formula is C12H17F2N3. The van der Waals surface area contributed by atoms with Crippen LogP contribution in [0.25, 0.3) is 0 Å². The van der Waals surface area contributed by atoms with Crippen LogP contribution in [0.1, 0.15) is 43.7 Å². The highest BCUT2D eigenvalue weighted by atomic mass is 19.3. The molecule has 2 fully saturated rings. The number of halogens is 2. The third-order valence-electron chi connectivity index (χ3n) is 4.25. The summed E-state index contributed by atoms with van der Waals surface area (Å²) in [4.78, 5) is 0. The molecule has 2 aliphatic rings. The van der Waals surface area contributed by atoms with E-state index < -0.39 is 6.43 Å². The van der Waals surface area contributed by atoms with Gasteiger partial charge in [-0.15, -0.1) is 0 Å². The first kappa shape index (κ1) is 11.1. The minimum Gasteiger partial charge on any atom is -0.317 e. The van der Waals surface area contributed by atoms with Gasteiger partial charge in [-0.05, 0) is 44.2 Å². The van der Waals surface area contributed by atoms with Crippen molar-refractivity contribution >= 4 is 0 Å². The summed E-state index contributed by atoms with van der Waals surface area (Å²) >= 11 is 0. The second kappa shape index (κ2) is 4.05. The summed E-state index contributed by atoms with van der Waals surface area (Å²) in [6, 6.07) is 0.334. The maximum atomic E-state index is 12.5. The zero-order valence-corrected chi connectivity index (χ0v) is 9.70. The molecule has 2 heterocycles. The van der Waals surface area contributed by atoms with Gasteiger partial charge in [0.1, 0.15) is 0 Å². The number of hydrogen-bond donors (Lipinski definition) is 1. The van der Waals surface area contributed by atoms with E-state index in [-0.39, 0.29) is 5.56 Å². The van der Waals surface area contributed by atoms with E-state index >= 15 is 0 Å². The molecule has 3 rings (SSSR count). The lowest BCUT2D eigenvalue weighted by Crippen LogP contribution is -2.46. The van der Waals surface area contributed by atoms with Crippen LogP contribution in [0.15, 0.2) is 12.4 Å². The van der Waals surface area contributed by atoms with Crippen LogP contribution in [0.2, 0.25) is 0 Å². The van der Waals surface area contributed by atoms with Crippen LogP contribution in [0.5, 0.6) is 0 Å². The van der Waals surface area contributed by atoms with Crippen molar-refractivity contribution in [3.63, 3.8) is 0 Å². The Morgan fingerprint density at radius 3 is 2.65 bits per heavy atom. The predicted molar refractivity (Wildman–Crippen MR) is 60.0 cm³/mol. The van der Waals surface area contributed by atoms with Crippen LogP contribution in [0.4, 0.5) is 8.78 Å². The summed E-state index contributed by atoms with van der Waals surface area (Å²) < 4.78 is 26.6. The van der Waals surface area contributed by atoms with E-state index in [1.165, 1.54) is 25.2 Å². The van der Waals surface area contributed by atoms with Crippen LogP contribution in [0, 0.1) is 5.41 Å². The molecule has 0 unspecified atom stereocenters. The molecule has 1 spiro atoms. The van der Waals surface area contributed by atoms with E-state index in [4.69, 9.17) is 0 Å². The van der Waals surface area contributed by atoms with Crippen LogP contribution < -0.4 is 5.32 Å². The lowest BCUT2D eigenvalue weighted by atomic mass is 9.60. The Hall–Kier alpha value is -0.970. The van der Waals surface area contributed by atoms with E-state index in [2.05, 4.69) is 10.4 Å². The molecule has 1 saturated heterocycles. The largest absolute Gasteiger partial charge is 0.317 e. The number of piperidine rings is 1. The molecule has 1 N–H and O–H groups in total. The Morgan fingerprint density at radius 1 is 1.35 bits per heavy atom. The van der Waals surface area contributed by atoms with E-state index in [1.807, 2.05) is 0 Å². The minimum atomic E-state index is -2.41. The van der Waals surface area contributed by atoms with Gasteiger partial charge in [0, 0.05) is 6.20 Å². The van der Waals surface area contributed by atoms with Gasteiger partial charge in [0.15, 0.2) is 0 Å². The number of nitrogens with zero attached hydrogens (tertiary/aromatic N) is 2. The number of rotatable bonds is 2. The van der Waals surface area contributed by atoms with Gasteiger partial charge in [0.25, 0.3) is 6.43 Å². The Labute approximate surface area is 99.2 Å². The third-order valence-corrected chi connectivity index (χ3v) is 4.25. The van der Waals surface area contributed by atoms with Crippen LogP contribution in [0.3, 0.4) is 0 Å². The molecule has 94 valence electrons. The molecule has 0 aromatic carbocycles. The second-order valence-corrected chi connectivity index (χ2v) is 5.37. The zero-order valence-electron chi connectivity index (χ0n) is 9.70. The summed E-state index contributed by atoms with van der Waals surface area (Å²) in [5.41, 5.74) is 0.503. The maximum absolute atomic E-state index is 12.5. The smallest absolute Gasteiger partial charge is 0.266 e. The fourth-order valence-electron chi connectivity index (χ4n) is 3.16. The van der Waals surface area contributed by atoms with Crippen molar-refractivity contribution in [3.8, 4) is 0 Å². The summed E-state index contributed by atoms with van der Waals surface area (Å²) in [5, 5.41) is 7.42. The average molecular weight is 241 g/mol. The first-order valence-corrected chi connectivity index (χ1v) is 6.21. The number of aromatic nitrogens is 2. The molecule has 17 heavy (non-hydrogen) atoms. The average Bonchev–Trinajstić information content (AvgIpc) is 2.76. The molecule has 0 atom stereocenters. The predicted octanol–water partition coefficient (Wildman–Crippen LogP) is 2.53. The normalized spacial score (nSPS) is 24.2. The first-order chi connectivity index (χ1) is 8.19.